The molecule has 0 aliphatic heterocycles. The second kappa shape index (κ2) is 6.38. The third kappa shape index (κ3) is 3.40. The Balaban J connectivity index is 2.29. The van der Waals surface area contributed by atoms with E-state index >= 15 is 0 Å². The van der Waals surface area contributed by atoms with E-state index in [1.165, 1.54) is 12.1 Å². The zero-order valence-corrected chi connectivity index (χ0v) is 12.3. The fraction of sp³-hybridized carbons (Fsp3) is 0.294. The van der Waals surface area contributed by atoms with Gasteiger partial charge in [-0.2, -0.15) is 8.78 Å². The summed E-state index contributed by atoms with van der Waals surface area (Å²) in [6.45, 7) is 3.54. The topological polar surface area (TPSA) is 9.23 Å². The lowest BCUT2D eigenvalue weighted by molar-refractivity contribution is -0.187. The van der Waals surface area contributed by atoms with E-state index in [1.807, 2.05) is 6.92 Å². The molecule has 1 nitrogen and oxygen atoms in total. The van der Waals surface area contributed by atoms with Crippen molar-refractivity contribution >= 4 is 0 Å². The van der Waals surface area contributed by atoms with Crippen LogP contribution in [0, 0.1) is 11.6 Å². The molecule has 5 heteroatoms. The second-order valence-electron chi connectivity index (χ2n) is 4.90. The van der Waals surface area contributed by atoms with Crippen LogP contribution in [-0.4, -0.2) is 0 Å². The molecule has 0 aliphatic carbocycles. The van der Waals surface area contributed by atoms with Crippen molar-refractivity contribution in [1.29, 1.82) is 0 Å². The van der Waals surface area contributed by atoms with Crippen LogP contribution in [0.1, 0.15) is 30.5 Å². The first-order valence-corrected chi connectivity index (χ1v) is 7.01. The molecule has 0 radical (unpaired) electrons. The lowest BCUT2D eigenvalue weighted by Crippen LogP contribution is -2.22. The number of benzene rings is 2. The highest BCUT2D eigenvalue weighted by atomic mass is 19.3. The number of hydrogen-bond donors (Lipinski definition) is 0. The minimum Gasteiger partial charge on any atom is -0.426 e. The van der Waals surface area contributed by atoms with Crippen molar-refractivity contribution in [2.45, 2.75) is 32.8 Å². The van der Waals surface area contributed by atoms with E-state index in [2.05, 4.69) is 4.74 Å². The maximum absolute atomic E-state index is 14.1. The number of halogens is 4. The quantitative estimate of drug-likeness (QED) is 0.688. The molecule has 0 aromatic heterocycles. The Morgan fingerprint density at radius 3 is 2.18 bits per heavy atom. The summed E-state index contributed by atoms with van der Waals surface area (Å²) in [5.74, 6) is -2.17. The summed E-state index contributed by atoms with van der Waals surface area (Å²) in [4.78, 5) is 0. The van der Waals surface area contributed by atoms with Gasteiger partial charge in [0.1, 0.15) is 5.82 Å². The van der Waals surface area contributed by atoms with Crippen molar-refractivity contribution < 1.29 is 22.3 Å². The van der Waals surface area contributed by atoms with E-state index in [-0.39, 0.29) is 0 Å². The molecule has 2 rings (SSSR count). The first kappa shape index (κ1) is 16.3. The lowest BCUT2D eigenvalue weighted by atomic mass is 10.1. The number of aryl methyl sites for hydroxylation is 2. The molecule has 0 bridgehead atoms. The molecule has 118 valence electrons. The number of alkyl halides is 2. The van der Waals surface area contributed by atoms with Gasteiger partial charge in [-0.15, -0.1) is 0 Å². The van der Waals surface area contributed by atoms with Gasteiger partial charge in [-0.05, 0) is 48.2 Å². The summed E-state index contributed by atoms with van der Waals surface area (Å²) in [6.07, 6.45) is -2.84. The first-order chi connectivity index (χ1) is 10.4. The van der Waals surface area contributed by atoms with Crippen molar-refractivity contribution in [2.75, 3.05) is 0 Å². The van der Waals surface area contributed by atoms with Crippen LogP contribution >= 0.6 is 0 Å². The standard InChI is InChI=1S/C17H16F4O/c1-3-11-5-8-16(15(19)9-11)22-17(20,21)13-7-6-12(4-2)14(18)10-13/h5-10H,3-4H2,1-2H3. The average molecular weight is 312 g/mol. The Labute approximate surface area is 126 Å². The van der Waals surface area contributed by atoms with Crippen LogP contribution in [0.15, 0.2) is 36.4 Å². The van der Waals surface area contributed by atoms with Gasteiger partial charge in [0.05, 0.1) is 5.56 Å². The van der Waals surface area contributed by atoms with E-state index in [0.29, 0.717) is 24.0 Å². The predicted octanol–water partition coefficient (Wildman–Crippen LogP) is 5.22. The van der Waals surface area contributed by atoms with Crippen LogP contribution in [0.25, 0.3) is 0 Å². The first-order valence-electron chi connectivity index (χ1n) is 7.01. The molecule has 0 atom stereocenters. The fourth-order valence-electron chi connectivity index (χ4n) is 2.06. The van der Waals surface area contributed by atoms with Crippen LogP contribution < -0.4 is 4.74 Å². The molecule has 2 aromatic rings. The number of hydrogen-bond acceptors (Lipinski definition) is 1. The molecule has 0 aliphatic rings. The van der Waals surface area contributed by atoms with Gasteiger partial charge in [-0.25, -0.2) is 8.78 Å². The third-order valence-corrected chi connectivity index (χ3v) is 3.41. The molecule has 2 aromatic carbocycles. The molecule has 0 amide bonds. The Bertz CT molecular complexity index is 668. The molecule has 0 spiro atoms. The summed E-state index contributed by atoms with van der Waals surface area (Å²) < 4.78 is 60.0. The molecular formula is C17H16F4O. The average Bonchev–Trinajstić information content (AvgIpc) is 2.49. The van der Waals surface area contributed by atoms with Crippen LogP contribution in [0.4, 0.5) is 17.6 Å². The molecular weight excluding hydrogens is 296 g/mol. The van der Waals surface area contributed by atoms with Crippen LogP contribution in [0.2, 0.25) is 0 Å². The van der Waals surface area contributed by atoms with Gasteiger partial charge >= 0.3 is 6.11 Å². The molecule has 0 unspecified atom stereocenters. The summed E-state index contributed by atoms with van der Waals surface area (Å²) >= 11 is 0. The zero-order valence-electron chi connectivity index (χ0n) is 12.3. The van der Waals surface area contributed by atoms with E-state index in [9.17, 15) is 17.6 Å². The Morgan fingerprint density at radius 1 is 0.909 bits per heavy atom. The zero-order chi connectivity index (χ0) is 16.3. The minimum atomic E-state index is -3.82. The molecule has 0 saturated heterocycles. The maximum atomic E-state index is 14.1. The third-order valence-electron chi connectivity index (χ3n) is 3.41. The number of ether oxygens (including phenoxy) is 1. The van der Waals surface area contributed by atoms with Gasteiger partial charge in [0.15, 0.2) is 11.6 Å². The van der Waals surface area contributed by atoms with Crippen molar-refractivity contribution in [2.24, 2.45) is 0 Å². The highest BCUT2D eigenvalue weighted by Crippen LogP contribution is 2.33. The highest BCUT2D eigenvalue weighted by molar-refractivity contribution is 5.32. The molecule has 22 heavy (non-hydrogen) atoms. The van der Waals surface area contributed by atoms with Gasteiger partial charge in [0.2, 0.25) is 0 Å². The van der Waals surface area contributed by atoms with Crippen LogP contribution in [0.5, 0.6) is 5.75 Å². The molecule has 0 N–H and O–H groups in total. The van der Waals surface area contributed by atoms with Crippen molar-refractivity contribution in [3.63, 3.8) is 0 Å². The summed E-state index contributed by atoms with van der Waals surface area (Å²) in [7, 11) is 0. The van der Waals surface area contributed by atoms with Gasteiger partial charge in [0, 0.05) is 0 Å². The Kier molecular flexibility index (Phi) is 4.74. The van der Waals surface area contributed by atoms with Crippen molar-refractivity contribution in [1.82, 2.24) is 0 Å². The largest absolute Gasteiger partial charge is 0.426 e. The fourth-order valence-corrected chi connectivity index (χ4v) is 2.06. The van der Waals surface area contributed by atoms with Gasteiger partial charge < -0.3 is 4.74 Å². The normalized spacial score (nSPS) is 11.5. The smallest absolute Gasteiger partial charge is 0.426 e. The molecule has 0 fully saturated rings. The lowest BCUT2D eigenvalue weighted by Gasteiger charge is -2.19. The van der Waals surface area contributed by atoms with Crippen molar-refractivity contribution in [3.05, 3.63) is 64.7 Å². The van der Waals surface area contributed by atoms with Gasteiger partial charge in [-0.1, -0.05) is 26.0 Å². The van der Waals surface area contributed by atoms with Gasteiger partial charge in [0.25, 0.3) is 0 Å². The second-order valence-corrected chi connectivity index (χ2v) is 4.90. The predicted molar refractivity (Wildman–Crippen MR) is 76.1 cm³/mol. The molecule has 0 heterocycles. The van der Waals surface area contributed by atoms with E-state index in [0.717, 1.165) is 24.3 Å². The SMILES string of the molecule is CCc1ccc(OC(F)(F)c2ccc(CC)c(F)c2)c(F)c1. The van der Waals surface area contributed by atoms with Crippen molar-refractivity contribution in [3.8, 4) is 5.75 Å². The number of rotatable bonds is 5. The van der Waals surface area contributed by atoms with Crippen LogP contribution in [0.3, 0.4) is 0 Å². The van der Waals surface area contributed by atoms with Gasteiger partial charge in [-0.3, -0.25) is 0 Å². The summed E-state index contributed by atoms with van der Waals surface area (Å²) in [5.41, 5.74) is 0.353. The van der Waals surface area contributed by atoms with E-state index < -0.39 is 29.1 Å². The monoisotopic (exact) mass is 312 g/mol. The summed E-state index contributed by atoms with van der Waals surface area (Å²) in [6, 6.07) is 6.89. The van der Waals surface area contributed by atoms with Crippen LogP contribution in [-0.2, 0) is 19.0 Å². The maximum Gasteiger partial charge on any atom is 0.426 e. The van der Waals surface area contributed by atoms with E-state index in [4.69, 9.17) is 0 Å². The molecule has 0 saturated carbocycles. The van der Waals surface area contributed by atoms with E-state index in [1.54, 1.807) is 6.92 Å². The summed E-state index contributed by atoms with van der Waals surface area (Å²) in [5, 5.41) is 0. The minimum absolute atomic E-state index is 0.332. The highest BCUT2D eigenvalue weighted by Gasteiger charge is 2.36. The Morgan fingerprint density at radius 2 is 1.64 bits per heavy atom. The Hall–Kier alpha value is -2.04.